The van der Waals surface area contributed by atoms with Gasteiger partial charge in [-0.05, 0) is 79.6 Å². The molecule has 0 unspecified atom stereocenters. The van der Waals surface area contributed by atoms with Crippen LogP contribution in [0.15, 0.2) is 41.3 Å². The Hall–Kier alpha value is -2.71. The fraction of sp³-hybridized carbons (Fsp3) is 0.417. The minimum Gasteiger partial charge on any atom is -0.343 e. The molecule has 0 bridgehead atoms. The molecular formula is C24H29N3O4S. The molecule has 170 valence electrons. The van der Waals surface area contributed by atoms with Crippen LogP contribution < -0.4 is 5.32 Å². The first kappa shape index (κ1) is 22.5. The number of benzene rings is 2. The molecule has 4 rings (SSSR count). The number of amides is 2. The summed E-state index contributed by atoms with van der Waals surface area (Å²) in [5.41, 5.74) is 5.00. The first-order valence-corrected chi connectivity index (χ1v) is 12.4. The Bertz CT molecular complexity index is 1150. The molecule has 1 aliphatic heterocycles. The predicted octanol–water partition coefficient (Wildman–Crippen LogP) is 2.06. The Labute approximate surface area is 189 Å². The van der Waals surface area contributed by atoms with Crippen LogP contribution in [0.2, 0.25) is 0 Å². The van der Waals surface area contributed by atoms with Gasteiger partial charge in [-0.3, -0.25) is 9.59 Å². The third-order valence-corrected chi connectivity index (χ3v) is 8.36. The van der Waals surface area contributed by atoms with E-state index in [1.807, 2.05) is 26.0 Å². The van der Waals surface area contributed by atoms with E-state index in [9.17, 15) is 18.0 Å². The van der Waals surface area contributed by atoms with Gasteiger partial charge in [-0.1, -0.05) is 12.1 Å². The maximum atomic E-state index is 13.1. The zero-order valence-electron chi connectivity index (χ0n) is 18.6. The molecule has 0 atom stereocenters. The Kier molecular flexibility index (Phi) is 6.35. The van der Waals surface area contributed by atoms with E-state index in [0.29, 0.717) is 23.5 Å². The molecule has 2 aromatic carbocycles. The molecule has 1 fully saturated rings. The molecule has 0 spiro atoms. The number of aryl methyl sites for hydroxylation is 4. The van der Waals surface area contributed by atoms with Gasteiger partial charge < -0.3 is 10.2 Å². The van der Waals surface area contributed by atoms with Gasteiger partial charge in [0.15, 0.2) is 0 Å². The van der Waals surface area contributed by atoms with Crippen molar-refractivity contribution in [3.63, 3.8) is 0 Å². The van der Waals surface area contributed by atoms with Gasteiger partial charge in [0.25, 0.3) is 5.91 Å². The fourth-order valence-electron chi connectivity index (χ4n) is 4.29. The van der Waals surface area contributed by atoms with Crippen LogP contribution in [0.5, 0.6) is 0 Å². The number of hydrogen-bond donors (Lipinski definition) is 1. The van der Waals surface area contributed by atoms with Crippen LogP contribution in [-0.4, -0.2) is 62.2 Å². The topological polar surface area (TPSA) is 86.8 Å². The zero-order valence-corrected chi connectivity index (χ0v) is 19.4. The van der Waals surface area contributed by atoms with Crippen LogP contribution in [0.1, 0.15) is 39.0 Å². The lowest BCUT2D eigenvalue weighted by Gasteiger charge is -2.34. The Morgan fingerprint density at radius 3 is 2.34 bits per heavy atom. The molecule has 1 N–H and O–H groups in total. The second-order valence-corrected chi connectivity index (χ2v) is 10.5. The third-order valence-electron chi connectivity index (χ3n) is 6.47. The maximum Gasteiger partial charge on any atom is 0.251 e. The summed E-state index contributed by atoms with van der Waals surface area (Å²) in [6.07, 6.45) is 3.00. The Morgan fingerprint density at radius 1 is 0.906 bits per heavy atom. The van der Waals surface area contributed by atoms with E-state index >= 15 is 0 Å². The molecule has 1 saturated heterocycles. The largest absolute Gasteiger partial charge is 0.343 e. The summed E-state index contributed by atoms with van der Waals surface area (Å²) in [4.78, 5) is 26.8. The van der Waals surface area contributed by atoms with Crippen molar-refractivity contribution in [2.75, 3.05) is 32.7 Å². The maximum absolute atomic E-state index is 13.1. The number of hydrogen-bond acceptors (Lipinski definition) is 4. The van der Waals surface area contributed by atoms with Gasteiger partial charge >= 0.3 is 0 Å². The van der Waals surface area contributed by atoms with Crippen molar-refractivity contribution >= 4 is 21.8 Å². The van der Waals surface area contributed by atoms with E-state index in [0.717, 1.165) is 36.0 Å². The van der Waals surface area contributed by atoms with Gasteiger partial charge in [-0.2, -0.15) is 4.31 Å². The van der Waals surface area contributed by atoms with E-state index in [2.05, 4.69) is 5.32 Å². The molecule has 0 saturated carbocycles. The van der Waals surface area contributed by atoms with Crippen LogP contribution in [0.4, 0.5) is 0 Å². The molecule has 2 aliphatic rings. The number of piperazine rings is 1. The van der Waals surface area contributed by atoms with Gasteiger partial charge in [-0.25, -0.2) is 8.42 Å². The van der Waals surface area contributed by atoms with Crippen molar-refractivity contribution < 1.29 is 18.0 Å². The monoisotopic (exact) mass is 455 g/mol. The molecule has 1 aliphatic carbocycles. The van der Waals surface area contributed by atoms with Crippen LogP contribution in [0.25, 0.3) is 0 Å². The molecule has 1 heterocycles. The summed E-state index contributed by atoms with van der Waals surface area (Å²) in [6, 6.07) is 10.8. The minimum atomic E-state index is -3.58. The summed E-state index contributed by atoms with van der Waals surface area (Å²) in [7, 11) is -3.58. The molecule has 2 aromatic rings. The molecule has 0 aromatic heterocycles. The first-order valence-electron chi connectivity index (χ1n) is 11.0. The summed E-state index contributed by atoms with van der Waals surface area (Å²) < 4.78 is 27.6. The number of rotatable bonds is 5. The summed E-state index contributed by atoms with van der Waals surface area (Å²) in [6.45, 7) is 4.92. The van der Waals surface area contributed by atoms with Crippen molar-refractivity contribution in [1.82, 2.24) is 14.5 Å². The second kappa shape index (κ2) is 9.03. The van der Waals surface area contributed by atoms with Gasteiger partial charge in [0.05, 0.1) is 11.4 Å². The lowest BCUT2D eigenvalue weighted by Crippen LogP contribution is -2.52. The average molecular weight is 456 g/mol. The molecule has 7 nitrogen and oxygen atoms in total. The van der Waals surface area contributed by atoms with Crippen LogP contribution in [-0.2, 0) is 27.7 Å². The molecular weight excluding hydrogens is 426 g/mol. The summed E-state index contributed by atoms with van der Waals surface area (Å²) in [5.74, 6) is -0.504. The molecule has 32 heavy (non-hydrogen) atoms. The standard InChI is InChI=1S/C24H29N3O4S/c1-17-6-7-21(14-18(17)2)24(29)25-16-23(28)26-10-12-27(13-11-26)32(30,31)22-9-8-19-4-3-5-20(19)15-22/h6-9,14-15H,3-5,10-13,16H2,1-2H3,(H,25,29). The number of sulfonamides is 1. The molecule has 2 amide bonds. The highest BCUT2D eigenvalue weighted by Crippen LogP contribution is 2.26. The van der Waals surface area contributed by atoms with Crippen LogP contribution in [0, 0.1) is 13.8 Å². The summed E-state index contributed by atoms with van der Waals surface area (Å²) in [5, 5.41) is 2.67. The third kappa shape index (κ3) is 4.56. The predicted molar refractivity (Wildman–Crippen MR) is 122 cm³/mol. The quantitative estimate of drug-likeness (QED) is 0.748. The lowest BCUT2D eigenvalue weighted by molar-refractivity contribution is -0.131. The highest BCUT2D eigenvalue weighted by atomic mass is 32.2. The van der Waals surface area contributed by atoms with Crippen molar-refractivity contribution in [2.45, 2.75) is 38.0 Å². The van der Waals surface area contributed by atoms with Gasteiger partial charge in [0.1, 0.15) is 0 Å². The zero-order chi connectivity index (χ0) is 22.9. The Balaban J connectivity index is 1.31. The van der Waals surface area contributed by atoms with E-state index in [4.69, 9.17) is 0 Å². The highest BCUT2D eigenvalue weighted by molar-refractivity contribution is 7.89. The van der Waals surface area contributed by atoms with Crippen LogP contribution >= 0.6 is 0 Å². The van der Waals surface area contributed by atoms with Crippen molar-refractivity contribution in [3.8, 4) is 0 Å². The van der Waals surface area contributed by atoms with Crippen molar-refractivity contribution in [2.24, 2.45) is 0 Å². The number of nitrogens with one attached hydrogen (secondary N) is 1. The smallest absolute Gasteiger partial charge is 0.251 e. The number of nitrogens with zero attached hydrogens (tertiary/aromatic N) is 2. The van der Waals surface area contributed by atoms with E-state index < -0.39 is 10.0 Å². The number of carbonyl (C=O) groups excluding carboxylic acids is 2. The number of fused-ring (bicyclic) bond motifs is 1. The van der Waals surface area contributed by atoms with Gasteiger partial charge in [0.2, 0.25) is 15.9 Å². The van der Waals surface area contributed by atoms with E-state index in [-0.39, 0.29) is 31.4 Å². The van der Waals surface area contributed by atoms with E-state index in [1.54, 1.807) is 29.2 Å². The Morgan fingerprint density at radius 2 is 1.62 bits per heavy atom. The first-order chi connectivity index (χ1) is 15.3. The molecule has 8 heteroatoms. The lowest BCUT2D eigenvalue weighted by atomic mass is 10.1. The SMILES string of the molecule is Cc1ccc(C(=O)NCC(=O)N2CCN(S(=O)(=O)c3ccc4c(c3)CCC4)CC2)cc1C. The normalized spacial score (nSPS) is 16.6. The molecule has 0 radical (unpaired) electrons. The fourth-order valence-corrected chi connectivity index (χ4v) is 5.76. The minimum absolute atomic E-state index is 0.108. The van der Waals surface area contributed by atoms with Crippen molar-refractivity contribution in [3.05, 3.63) is 64.2 Å². The average Bonchev–Trinajstić information content (AvgIpc) is 3.27. The van der Waals surface area contributed by atoms with Gasteiger partial charge in [0, 0.05) is 31.7 Å². The highest BCUT2D eigenvalue weighted by Gasteiger charge is 2.30. The second-order valence-electron chi connectivity index (χ2n) is 8.55. The van der Waals surface area contributed by atoms with Gasteiger partial charge in [-0.15, -0.1) is 0 Å². The summed E-state index contributed by atoms with van der Waals surface area (Å²) >= 11 is 0. The van der Waals surface area contributed by atoms with E-state index in [1.165, 1.54) is 9.87 Å². The van der Waals surface area contributed by atoms with Crippen molar-refractivity contribution in [1.29, 1.82) is 0 Å². The van der Waals surface area contributed by atoms with Crippen LogP contribution in [0.3, 0.4) is 0 Å². The number of carbonyl (C=O) groups is 2.